The van der Waals surface area contributed by atoms with E-state index in [1.54, 1.807) is 0 Å². The third-order valence-corrected chi connectivity index (χ3v) is 6.11. The van der Waals surface area contributed by atoms with Crippen LogP contribution in [-0.2, 0) is 4.74 Å². The number of ether oxygens (including phenoxy) is 1. The van der Waals surface area contributed by atoms with E-state index in [2.05, 4.69) is 5.32 Å². The van der Waals surface area contributed by atoms with Crippen molar-refractivity contribution in [2.75, 3.05) is 13.1 Å². The van der Waals surface area contributed by atoms with Crippen LogP contribution in [0.25, 0.3) is 0 Å². The zero-order chi connectivity index (χ0) is 14.4. The first-order valence-electron chi connectivity index (χ1n) is 9.74. The van der Waals surface area contributed by atoms with Crippen LogP contribution in [0.4, 0.5) is 0 Å². The second-order valence-electron chi connectivity index (χ2n) is 7.96. The Hall–Kier alpha value is -0.0800. The number of hydrogen-bond donors (Lipinski definition) is 1. The van der Waals surface area contributed by atoms with E-state index in [9.17, 15) is 0 Å². The van der Waals surface area contributed by atoms with Crippen molar-refractivity contribution in [1.29, 1.82) is 0 Å². The topological polar surface area (TPSA) is 21.3 Å². The summed E-state index contributed by atoms with van der Waals surface area (Å²) < 4.78 is 6.90. The van der Waals surface area contributed by atoms with Crippen LogP contribution in [0.2, 0.25) is 0 Å². The van der Waals surface area contributed by atoms with Gasteiger partial charge in [-0.25, -0.2) is 0 Å². The van der Waals surface area contributed by atoms with Crippen LogP contribution < -0.4 is 5.32 Å². The quantitative estimate of drug-likeness (QED) is 0.681. The fraction of sp³-hybridized carbons (Fsp3) is 1.00. The van der Waals surface area contributed by atoms with Gasteiger partial charge in [-0.15, -0.1) is 0 Å². The maximum atomic E-state index is 6.90. The summed E-state index contributed by atoms with van der Waals surface area (Å²) >= 11 is 0. The highest BCUT2D eigenvalue weighted by Gasteiger charge is 2.46. The molecule has 2 aliphatic carbocycles. The van der Waals surface area contributed by atoms with Gasteiger partial charge >= 0.3 is 0 Å². The summed E-state index contributed by atoms with van der Waals surface area (Å²) in [5.74, 6) is 0. The van der Waals surface area contributed by atoms with Crippen LogP contribution in [0.5, 0.6) is 0 Å². The molecule has 0 atom stereocenters. The van der Waals surface area contributed by atoms with E-state index < -0.39 is 0 Å². The zero-order valence-corrected chi connectivity index (χ0v) is 13.9. The standard InChI is InChI=1S/C19H35NO/c1-2-4-6-8-12-18(13-9-7-5-3-1)16-20-17-19(21-18)14-10-11-15-19/h20H,1-17H2. The maximum absolute atomic E-state index is 6.90. The molecule has 2 heteroatoms. The predicted octanol–water partition coefficient (Wildman–Crippen LogP) is 4.96. The summed E-state index contributed by atoms with van der Waals surface area (Å²) in [5.41, 5.74) is 0.372. The minimum Gasteiger partial charge on any atom is -0.366 e. The molecule has 0 unspecified atom stereocenters. The highest BCUT2D eigenvalue weighted by molar-refractivity contribution is 4.99. The van der Waals surface area contributed by atoms with Gasteiger partial charge in [-0.2, -0.15) is 0 Å². The second-order valence-corrected chi connectivity index (χ2v) is 7.96. The van der Waals surface area contributed by atoms with E-state index >= 15 is 0 Å². The van der Waals surface area contributed by atoms with Gasteiger partial charge < -0.3 is 10.1 Å². The molecule has 1 heterocycles. The summed E-state index contributed by atoms with van der Waals surface area (Å²) in [4.78, 5) is 0. The molecule has 0 bridgehead atoms. The maximum Gasteiger partial charge on any atom is 0.0814 e. The van der Waals surface area contributed by atoms with Gasteiger partial charge in [0.1, 0.15) is 0 Å². The molecule has 122 valence electrons. The molecule has 0 aromatic rings. The van der Waals surface area contributed by atoms with Crippen LogP contribution in [0.1, 0.15) is 96.3 Å². The molecule has 2 spiro atoms. The average Bonchev–Trinajstić information content (AvgIpc) is 2.91. The van der Waals surface area contributed by atoms with Crippen LogP contribution in [0, 0.1) is 0 Å². The minimum absolute atomic E-state index is 0.168. The minimum atomic E-state index is 0.168. The Balaban J connectivity index is 1.62. The SMILES string of the molecule is C1CCCCCC2(CCCCC1)CNCC1(CCCC1)O2. The van der Waals surface area contributed by atoms with E-state index in [1.165, 1.54) is 96.3 Å². The average molecular weight is 293 g/mol. The van der Waals surface area contributed by atoms with Gasteiger partial charge in [-0.3, -0.25) is 0 Å². The fourth-order valence-corrected chi connectivity index (χ4v) is 4.88. The Kier molecular flexibility index (Phi) is 5.61. The normalized spacial score (nSPS) is 30.9. The van der Waals surface area contributed by atoms with Gasteiger partial charge in [0.05, 0.1) is 11.2 Å². The van der Waals surface area contributed by atoms with E-state index in [0.29, 0.717) is 0 Å². The lowest BCUT2D eigenvalue weighted by molar-refractivity contribution is -0.183. The summed E-state index contributed by atoms with van der Waals surface area (Å²) in [6.45, 7) is 2.21. The van der Waals surface area contributed by atoms with Gasteiger partial charge in [-0.05, 0) is 25.7 Å². The van der Waals surface area contributed by atoms with Gasteiger partial charge in [0.2, 0.25) is 0 Å². The van der Waals surface area contributed by atoms with Crippen molar-refractivity contribution in [3.05, 3.63) is 0 Å². The predicted molar refractivity (Wildman–Crippen MR) is 88.7 cm³/mol. The lowest BCUT2D eigenvalue weighted by atomic mass is 9.85. The van der Waals surface area contributed by atoms with Crippen molar-refractivity contribution in [1.82, 2.24) is 5.32 Å². The van der Waals surface area contributed by atoms with E-state index in [1.807, 2.05) is 0 Å². The zero-order valence-electron chi connectivity index (χ0n) is 13.9. The van der Waals surface area contributed by atoms with Crippen molar-refractivity contribution < 1.29 is 4.74 Å². The molecule has 1 aliphatic heterocycles. The molecule has 0 aromatic carbocycles. The number of nitrogens with one attached hydrogen (secondary N) is 1. The highest BCUT2D eigenvalue weighted by Crippen LogP contribution is 2.42. The van der Waals surface area contributed by atoms with Crippen LogP contribution >= 0.6 is 0 Å². The van der Waals surface area contributed by atoms with Gasteiger partial charge in [0.25, 0.3) is 0 Å². The van der Waals surface area contributed by atoms with Gasteiger partial charge in [0, 0.05) is 13.1 Å². The lowest BCUT2D eigenvalue weighted by Gasteiger charge is -2.48. The Bertz CT molecular complexity index is 297. The van der Waals surface area contributed by atoms with Crippen LogP contribution in [0.3, 0.4) is 0 Å². The largest absolute Gasteiger partial charge is 0.366 e. The molecular formula is C19H35NO. The molecular weight excluding hydrogens is 258 g/mol. The van der Waals surface area contributed by atoms with Crippen molar-refractivity contribution in [3.63, 3.8) is 0 Å². The van der Waals surface area contributed by atoms with Crippen molar-refractivity contribution in [3.8, 4) is 0 Å². The Morgan fingerprint density at radius 3 is 1.24 bits per heavy atom. The lowest BCUT2D eigenvalue weighted by Crippen LogP contribution is -2.59. The summed E-state index contributed by atoms with van der Waals surface area (Å²) in [6, 6.07) is 0. The van der Waals surface area contributed by atoms with Crippen molar-refractivity contribution >= 4 is 0 Å². The molecule has 1 N–H and O–H groups in total. The molecule has 0 radical (unpaired) electrons. The number of morpholine rings is 1. The van der Waals surface area contributed by atoms with E-state index in [4.69, 9.17) is 4.74 Å². The Labute approximate surface area is 131 Å². The third-order valence-electron chi connectivity index (χ3n) is 6.11. The second kappa shape index (κ2) is 7.46. The molecule has 3 fully saturated rings. The molecule has 2 saturated carbocycles. The number of hydrogen-bond acceptors (Lipinski definition) is 2. The number of rotatable bonds is 0. The molecule has 21 heavy (non-hydrogen) atoms. The first kappa shape index (κ1) is 15.8. The van der Waals surface area contributed by atoms with Gasteiger partial charge in [-0.1, -0.05) is 70.6 Å². The fourth-order valence-electron chi connectivity index (χ4n) is 4.88. The third kappa shape index (κ3) is 4.22. The van der Waals surface area contributed by atoms with E-state index in [-0.39, 0.29) is 11.2 Å². The van der Waals surface area contributed by atoms with Gasteiger partial charge in [0.15, 0.2) is 0 Å². The summed E-state index contributed by atoms with van der Waals surface area (Å²) in [7, 11) is 0. The summed E-state index contributed by atoms with van der Waals surface area (Å²) in [6.07, 6.45) is 20.7. The molecule has 3 rings (SSSR count). The molecule has 0 amide bonds. The first-order valence-corrected chi connectivity index (χ1v) is 9.74. The molecule has 3 aliphatic rings. The smallest absolute Gasteiger partial charge is 0.0814 e. The Morgan fingerprint density at radius 1 is 0.476 bits per heavy atom. The molecule has 1 saturated heterocycles. The van der Waals surface area contributed by atoms with Crippen LogP contribution in [0.15, 0.2) is 0 Å². The van der Waals surface area contributed by atoms with Crippen LogP contribution in [-0.4, -0.2) is 24.3 Å². The monoisotopic (exact) mass is 293 g/mol. The molecule has 0 aromatic heterocycles. The summed E-state index contributed by atoms with van der Waals surface area (Å²) in [5, 5.41) is 3.77. The van der Waals surface area contributed by atoms with E-state index in [0.717, 1.165) is 13.1 Å². The Morgan fingerprint density at radius 2 is 0.810 bits per heavy atom. The first-order chi connectivity index (χ1) is 10.3. The van der Waals surface area contributed by atoms with Crippen molar-refractivity contribution in [2.45, 2.75) is 108 Å². The molecule has 2 nitrogen and oxygen atoms in total. The highest BCUT2D eigenvalue weighted by atomic mass is 16.5. The van der Waals surface area contributed by atoms with Crippen molar-refractivity contribution in [2.24, 2.45) is 0 Å².